The monoisotopic (exact) mass is 244 g/mol. The zero-order valence-corrected chi connectivity index (χ0v) is 11.6. The maximum atomic E-state index is 6.12. The fraction of sp³-hybridized carbons (Fsp3) is 0.529. The third-order valence-corrected chi connectivity index (χ3v) is 3.93. The van der Waals surface area contributed by atoms with Crippen LogP contribution in [0.25, 0.3) is 0 Å². The van der Waals surface area contributed by atoms with E-state index in [1.54, 1.807) is 0 Å². The van der Waals surface area contributed by atoms with Gasteiger partial charge in [0.05, 0.1) is 12.2 Å². The molecule has 1 aliphatic rings. The first kappa shape index (κ1) is 13.4. The van der Waals surface area contributed by atoms with Crippen molar-refractivity contribution in [3.05, 3.63) is 48.0 Å². The van der Waals surface area contributed by atoms with Gasteiger partial charge in [-0.05, 0) is 45.1 Å². The molecule has 1 nitrogen and oxygen atoms in total. The molecule has 0 bridgehead atoms. The highest BCUT2D eigenvalue weighted by molar-refractivity contribution is 5.15. The van der Waals surface area contributed by atoms with Gasteiger partial charge in [0.25, 0.3) is 0 Å². The first-order valence-electron chi connectivity index (χ1n) is 7.01. The van der Waals surface area contributed by atoms with Crippen molar-refractivity contribution in [1.29, 1.82) is 0 Å². The van der Waals surface area contributed by atoms with E-state index in [-0.39, 0.29) is 0 Å². The normalized spacial score (nSPS) is 28.0. The molecule has 0 N–H and O–H groups in total. The Balaban J connectivity index is 1.94. The lowest BCUT2D eigenvalue weighted by Crippen LogP contribution is -2.34. The minimum absolute atomic E-state index is 0.353. The molecule has 0 saturated carbocycles. The molecule has 98 valence electrons. The van der Waals surface area contributed by atoms with Crippen molar-refractivity contribution in [1.82, 2.24) is 0 Å². The molecule has 1 saturated heterocycles. The smallest absolute Gasteiger partial charge is 0.0646 e. The van der Waals surface area contributed by atoms with Crippen LogP contribution in [-0.4, -0.2) is 12.2 Å². The molecular weight excluding hydrogens is 220 g/mol. The summed E-state index contributed by atoms with van der Waals surface area (Å²) in [5.74, 6) is 0.546. The van der Waals surface area contributed by atoms with Crippen LogP contribution in [0.4, 0.5) is 0 Å². The van der Waals surface area contributed by atoms with E-state index in [1.807, 2.05) is 0 Å². The van der Waals surface area contributed by atoms with E-state index >= 15 is 0 Å². The number of hydrogen-bond acceptors (Lipinski definition) is 1. The third-order valence-electron chi connectivity index (χ3n) is 3.93. The van der Waals surface area contributed by atoms with E-state index in [1.165, 1.54) is 24.0 Å². The molecule has 1 fully saturated rings. The van der Waals surface area contributed by atoms with Crippen LogP contribution in [0.15, 0.2) is 42.5 Å². The molecule has 0 aliphatic carbocycles. The van der Waals surface area contributed by atoms with Gasteiger partial charge in [-0.3, -0.25) is 0 Å². The molecule has 1 aromatic rings. The molecule has 1 aliphatic heterocycles. The summed E-state index contributed by atoms with van der Waals surface area (Å²) in [7, 11) is 0. The summed E-state index contributed by atoms with van der Waals surface area (Å²) in [5, 5.41) is 0. The maximum Gasteiger partial charge on any atom is 0.0646 e. The highest BCUT2D eigenvalue weighted by Crippen LogP contribution is 2.32. The van der Waals surface area contributed by atoms with Crippen LogP contribution in [0.3, 0.4) is 0 Å². The standard InChI is InChI=1S/C17H24O/c1-13(2)16-11-9-14(3)18-17(16)12-10-15-7-5-4-6-8-15/h4-8,14,16-17H,1,9-12H2,2-3H3/t14-,16+,17+/m0/s1. The van der Waals surface area contributed by atoms with Gasteiger partial charge in [0.15, 0.2) is 0 Å². The quantitative estimate of drug-likeness (QED) is 0.714. The number of aryl methyl sites for hydroxylation is 1. The average molecular weight is 244 g/mol. The van der Waals surface area contributed by atoms with Crippen molar-refractivity contribution in [3.63, 3.8) is 0 Å². The van der Waals surface area contributed by atoms with Gasteiger partial charge >= 0.3 is 0 Å². The van der Waals surface area contributed by atoms with Gasteiger partial charge in [0.1, 0.15) is 0 Å². The SMILES string of the molecule is C=C(C)[C@H]1CC[C@H](C)O[C@@H]1CCc1ccccc1. The Bertz CT molecular complexity index is 382. The van der Waals surface area contributed by atoms with Crippen molar-refractivity contribution in [2.75, 3.05) is 0 Å². The summed E-state index contributed by atoms with van der Waals surface area (Å²) in [6.45, 7) is 8.45. The Morgan fingerprint density at radius 1 is 1.28 bits per heavy atom. The first-order chi connectivity index (χ1) is 8.66. The molecule has 3 atom stereocenters. The molecule has 2 rings (SSSR count). The number of ether oxygens (including phenoxy) is 1. The van der Waals surface area contributed by atoms with E-state index in [9.17, 15) is 0 Å². The molecule has 1 heterocycles. The second-order valence-corrected chi connectivity index (χ2v) is 5.54. The van der Waals surface area contributed by atoms with Gasteiger partial charge in [0.2, 0.25) is 0 Å². The van der Waals surface area contributed by atoms with E-state index in [4.69, 9.17) is 4.74 Å². The Morgan fingerprint density at radius 2 is 2.00 bits per heavy atom. The van der Waals surface area contributed by atoms with Gasteiger partial charge < -0.3 is 4.74 Å². The van der Waals surface area contributed by atoms with E-state index in [0.717, 1.165) is 12.8 Å². The Morgan fingerprint density at radius 3 is 2.67 bits per heavy atom. The second kappa shape index (κ2) is 6.19. The minimum atomic E-state index is 0.353. The molecule has 1 heteroatoms. The van der Waals surface area contributed by atoms with Gasteiger partial charge in [-0.25, -0.2) is 0 Å². The highest BCUT2D eigenvalue weighted by Gasteiger charge is 2.29. The summed E-state index contributed by atoms with van der Waals surface area (Å²) in [5.41, 5.74) is 2.68. The molecule has 0 unspecified atom stereocenters. The summed E-state index contributed by atoms with van der Waals surface area (Å²) in [6.07, 6.45) is 5.36. The number of hydrogen-bond donors (Lipinski definition) is 0. The Kier molecular flexibility index (Phi) is 4.60. The summed E-state index contributed by atoms with van der Waals surface area (Å²) in [6, 6.07) is 10.7. The predicted molar refractivity (Wildman–Crippen MR) is 76.6 cm³/mol. The van der Waals surface area contributed by atoms with E-state index < -0.39 is 0 Å². The molecule has 1 aromatic carbocycles. The van der Waals surface area contributed by atoms with Gasteiger partial charge in [-0.2, -0.15) is 0 Å². The molecule has 18 heavy (non-hydrogen) atoms. The van der Waals surface area contributed by atoms with Crippen LogP contribution >= 0.6 is 0 Å². The zero-order chi connectivity index (χ0) is 13.0. The first-order valence-corrected chi connectivity index (χ1v) is 7.01. The van der Waals surface area contributed by atoms with Crippen molar-refractivity contribution < 1.29 is 4.74 Å². The fourth-order valence-electron chi connectivity index (χ4n) is 2.85. The zero-order valence-electron chi connectivity index (χ0n) is 11.6. The molecule has 0 radical (unpaired) electrons. The molecule has 0 aromatic heterocycles. The lowest BCUT2D eigenvalue weighted by Gasteiger charge is -2.36. The van der Waals surface area contributed by atoms with Gasteiger partial charge in [0, 0.05) is 5.92 Å². The van der Waals surface area contributed by atoms with Crippen LogP contribution in [0.5, 0.6) is 0 Å². The average Bonchev–Trinajstić information content (AvgIpc) is 2.37. The third kappa shape index (κ3) is 3.46. The van der Waals surface area contributed by atoms with Crippen LogP contribution < -0.4 is 0 Å². The topological polar surface area (TPSA) is 9.23 Å². The van der Waals surface area contributed by atoms with E-state index in [0.29, 0.717) is 18.1 Å². The lowest BCUT2D eigenvalue weighted by atomic mass is 9.84. The maximum absolute atomic E-state index is 6.12. The van der Waals surface area contributed by atoms with Crippen molar-refractivity contribution in [3.8, 4) is 0 Å². The highest BCUT2D eigenvalue weighted by atomic mass is 16.5. The van der Waals surface area contributed by atoms with E-state index in [2.05, 4.69) is 50.8 Å². The van der Waals surface area contributed by atoms with Crippen LogP contribution in [-0.2, 0) is 11.2 Å². The molecule has 0 spiro atoms. The Hall–Kier alpha value is -1.08. The lowest BCUT2D eigenvalue weighted by molar-refractivity contribution is -0.0680. The van der Waals surface area contributed by atoms with Crippen molar-refractivity contribution in [2.24, 2.45) is 5.92 Å². The summed E-state index contributed by atoms with van der Waals surface area (Å²) >= 11 is 0. The van der Waals surface area contributed by atoms with Gasteiger partial charge in [-0.15, -0.1) is 0 Å². The fourth-order valence-corrected chi connectivity index (χ4v) is 2.85. The van der Waals surface area contributed by atoms with Crippen LogP contribution in [0.2, 0.25) is 0 Å². The summed E-state index contributed by atoms with van der Waals surface area (Å²) < 4.78 is 6.12. The predicted octanol–water partition coefficient (Wildman–Crippen LogP) is 4.38. The largest absolute Gasteiger partial charge is 0.375 e. The van der Waals surface area contributed by atoms with Crippen molar-refractivity contribution >= 4 is 0 Å². The number of rotatable bonds is 4. The Labute approximate surface area is 111 Å². The number of benzene rings is 1. The van der Waals surface area contributed by atoms with Crippen molar-refractivity contribution in [2.45, 2.75) is 51.7 Å². The minimum Gasteiger partial charge on any atom is -0.375 e. The molecular formula is C17H24O. The molecule has 0 amide bonds. The second-order valence-electron chi connectivity index (χ2n) is 5.54. The van der Waals surface area contributed by atoms with Gasteiger partial charge in [-0.1, -0.05) is 42.5 Å². The van der Waals surface area contributed by atoms with Crippen LogP contribution in [0.1, 0.15) is 38.7 Å². The van der Waals surface area contributed by atoms with Crippen LogP contribution in [0, 0.1) is 5.92 Å². The summed E-state index contributed by atoms with van der Waals surface area (Å²) in [4.78, 5) is 0.